The predicted molar refractivity (Wildman–Crippen MR) is 60.7 cm³/mol. The summed E-state index contributed by atoms with van der Waals surface area (Å²) < 4.78 is 0. The zero-order valence-corrected chi connectivity index (χ0v) is 9.30. The van der Waals surface area contributed by atoms with Gasteiger partial charge in [0.1, 0.15) is 11.9 Å². The Morgan fingerprint density at radius 2 is 2.31 bits per heavy atom. The van der Waals surface area contributed by atoms with Crippen LogP contribution in [-0.4, -0.2) is 29.1 Å². The zero-order valence-electron chi connectivity index (χ0n) is 9.30. The van der Waals surface area contributed by atoms with Crippen LogP contribution < -0.4 is 10.6 Å². The molecule has 2 unspecified atom stereocenters. The maximum absolute atomic E-state index is 8.63. The molecule has 0 bridgehead atoms. The Kier molecular flexibility index (Phi) is 3.02. The number of hydrogen-bond donors (Lipinski definition) is 1. The van der Waals surface area contributed by atoms with Crippen molar-refractivity contribution in [3.8, 4) is 6.07 Å². The second-order valence-electron chi connectivity index (χ2n) is 4.25. The van der Waals surface area contributed by atoms with Gasteiger partial charge >= 0.3 is 0 Å². The normalized spacial score (nSPS) is 25.2. The summed E-state index contributed by atoms with van der Waals surface area (Å²) in [7, 11) is 0. The average molecular weight is 217 g/mol. The summed E-state index contributed by atoms with van der Waals surface area (Å²) in [5, 5.41) is 8.63. The van der Waals surface area contributed by atoms with Gasteiger partial charge in [-0.2, -0.15) is 5.26 Å². The molecule has 2 atom stereocenters. The second kappa shape index (κ2) is 4.45. The van der Waals surface area contributed by atoms with Crippen molar-refractivity contribution in [2.24, 2.45) is 11.7 Å². The quantitative estimate of drug-likeness (QED) is 0.742. The fraction of sp³-hybridized carbons (Fsp3) is 0.545. The predicted octanol–water partition coefficient (Wildman–Crippen LogP) is 0.522. The number of piperidine rings is 1. The number of nitrogens with zero attached hydrogens (tertiary/aromatic N) is 4. The fourth-order valence-electron chi connectivity index (χ4n) is 1.91. The van der Waals surface area contributed by atoms with Crippen LogP contribution in [0.1, 0.15) is 19.0 Å². The Labute approximate surface area is 94.9 Å². The van der Waals surface area contributed by atoms with Crippen LogP contribution in [0.4, 0.5) is 5.82 Å². The van der Waals surface area contributed by atoms with Gasteiger partial charge in [-0.05, 0) is 12.3 Å². The summed E-state index contributed by atoms with van der Waals surface area (Å²) in [6.45, 7) is 3.96. The van der Waals surface area contributed by atoms with E-state index in [4.69, 9.17) is 11.0 Å². The highest BCUT2D eigenvalue weighted by molar-refractivity contribution is 5.38. The first-order valence-electron chi connectivity index (χ1n) is 5.43. The average Bonchev–Trinajstić information content (AvgIpc) is 2.33. The molecule has 0 aliphatic carbocycles. The minimum atomic E-state index is 0.280. The molecule has 16 heavy (non-hydrogen) atoms. The Morgan fingerprint density at radius 1 is 1.50 bits per heavy atom. The smallest absolute Gasteiger partial charge is 0.158 e. The van der Waals surface area contributed by atoms with E-state index in [0.29, 0.717) is 11.6 Å². The van der Waals surface area contributed by atoms with Crippen molar-refractivity contribution in [3.63, 3.8) is 0 Å². The van der Waals surface area contributed by atoms with Crippen molar-refractivity contribution in [1.29, 1.82) is 5.26 Å². The van der Waals surface area contributed by atoms with Crippen LogP contribution in [0.3, 0.4) is 0 Å². The third-order valence-electron chi connectivity index (χ3n) is 3.05. The SMILES string of the molecule is CC1CN(c2cnc(C#N)cn2)CCC1N. The highest BCUT2D eigenvalue weighted by Crippen LogP contribution is 2.19. The maximum atomic E-state index is 8.63. The summed E-state index contributed by atoms with van der Waals surface area (Å²) in [6, 6.07) is 2.24. The lowest BCUT2D eigenvalue weighted by molar-refractivity contribution is 0.381. The molecule has 0 amide bonds. The molecule has 0 aromatic carbocycles. The first-order valence-corrected chi connectivity index (χ1v) is 5.43. The van der Waals surface area contributed by atoms with Crippen LogP contribution >= 0.6 is 0 Å². The molecule has 1 fully saturated rings. The van der Waals surface area contributed by atoms with E-state index in [2.05, 4.69) is 21.8 Å². The summed E-state index contributed by atoms with van der Waals surface area (Å²) in [6.07, 6.45) is 4.14. The molecule has 1 aliphatic rings. The minimum absolute atomic E-state index is 0.280. The summed E-state index contributed by atoms with van der Waals surface area (Å²) in [5.74, 6) is 1.30. The monoisotopic (exact) mass is 217 g/mol. The van der Waals surface area contributed by atoms with E-state index in [-0.39, 0.29) is 6.04 Å². The van der Waals surface area contributed by atoms with Gasteiger partial charge in [-0.15, -0.1) is 0 Å². The summed E-state index contributed by atoms with van der Waals surface area (Å²) in [4.78, 5) is 10.4. The van der Waals surface area contributed by atoms with Gasteiger partial charge in [-0.25, -0.2) is 9.97 Å². The molecule has 0 radical (unpaired) electrons. The molecular weight excluding hydrogens is 202 g/mol. The van der Waals surface area contributed by atoms with Gasteiger partial charge in [-0.3, -0.25) is 0 Å². The largest absolute Gasteiger partial charge is 0.355 e. The van der Waals surface area contributed by atoms with E-state index >= 15 is 0 Å². The first kappa shape index (κ1) is 10.8. The van der Waals surface area contributed by atoms with Crippen molar-refractivity contribution >= 4 is 5.82 Å². The molecule has 1 saturated heterocycles. The summed E-state index contributed by atoms with van der Waals surface area (Å²) >= 11 is 0. The van der Waals surface area contributed by atoms with Crippen LogP contribution in [0.5, 0.6) is 0 Å². The molecule has 2 rings (SSSR count). The Morgan fingerprint density at radius 3 is 2.88 bits per heavy atom. The highest BCUT2D eigenvalue weighted by atomic mass is 15.2. The maximum Gasteiger partial charge on any atom is 0.158 e. The molecule has 84 valence electrons. The van der Waals surface area contributed by atoms with E-state index in [0.717, 1.165) is 25.3 Å². The molecule has 2 N–H and O–H groups in total. The topological polar surface area (TPSA) is 78.8 Å². The Bertz CT molecular complexity index is 394. The number of rotatable bonds is 1. The van der Waals surface area contributed by atoms with Crippen molar-refractivity contribution in [3.05, 3.63) is 18.1 Å². The molecule has 1 aromatic heterocycles. The van der Waals surface area contributed by atoms with Gasteiger partial charge in [0.05, 0.1) is 12.4 Å². The van der Waals surface area contributed by atoms with Crippen molar-refractivity contribution in [2.45, 2.75) is 19.4 Å². The number of nitrogens with two attached hydrogens (primary N) is 1. The van der Waals surface area contributed by atoms with Crippen molar-refractivity contribution < 1.29 is 0 Å². The third kappa shape index (κ3) is 2.12. The van der Waals surface area contributed by atoms with E-state index in [1.807, 2.05) is 6.07 Å². The molecule has 5 nitrogen and oxygen atoms in total. The van der Waals surface area contributed by atoms with Gasteiger partial charge in [-0.1, -0.05) is 6.92 Å². The van der Waals surface area contributed by atoms with Gasteiger partial charge in [0.25, 0.3) is 0 Å². The van der Waals surface area contributed by atoms with Gasteiger partial charge < -0.3 is 10.6 Å². The van der Waals surface area contributed by atoms with Crippen molar-refractivity contribution in [2.75, 3.05) is 18.0 Å². The van der Waals surface area contributed by atoms with Gasteiger partial charge in [0.15, 0.2) is 5.69 Å². The lowest BCUT2D eigenvalue weighted by Crippen LogP contribution is -2.46. The van der Waals surface area contributed by atoms with Crippen LogP contribution in [-0.2, 0) is 0 Å². The summed E-state index contributed by atoms with van der Waals surface area (Å²) in [5.41, 5.74) is 6.31. The minimum Gasteiger partial charge on any atom is -0.355 e. The lowest BCUT2D eigenvalue weighted by atomic mass is 9.95. The lowest BCUT2D eigenvalue weighted by Gasteiger charge is -2.35. The van der Waals surface area contributed by atoms with Gasteiger partial charge in [0, 0.05) is 19.1 Å². The number of anilines is 1. The number of hydrogen-bond acceptors (Lipinski definition) is 5. The molecule has 2 heterocycles. The molecule has 0 saturated carbocycles. The van der Waals surface area contributed by atoms with Crippen LogP contribution in [0.15, 0.2) is 12.4 Å². The molecule has 1 aliphatic heterocycles. The third-order valence-corrected chi connectivity index (χ3v) is 3.05. The van der Waals surface area contributed by atoms with E-state index in [1.54, 1.807) is 6.20 Å². The van der Waals surface area contributed by atoms with E-state index in [9.17, 15) is 0 Å². The molecule has 5 heteroatoms. The number of aromatic nitrogens is 2. The standard InChI is InChI=1S/C11H15N5/c1-8-7-16(3-2-10(8)13)11-6-14-9(4-12)5-15-11/h5-6,8,10H,2-3,7,13H2,1H3. The van der Waals surface area contributed by atoms with Crippen LogP contribution in [0.25, 0.3) is 0 Å². The Balaban J connectivity index is 2.10. The van der Waals surface area contributed by atoms with E-state index in [1.165, 1.54) is 6.20 Å². The highest BCUT2D eigenvalue weighted by Gasteiger charge is 2.23. The van der Waals surface area contributed by atoms with Crippen LogP contribution in [0, 0.1) is 17.2 Å². The molecule has 1 aromatic rings. The molecule has 0 spiro atoms. The second-order valence-corrected chi connectivity index (χ2v) is 4.25. The zero-order chi connectivity index (χ0) is 11.5. The fourth-order valence-corrected chi connectivity index (χ4v) is 1.91. The van der Waals surface area contributed by atoms with Gasteiger partial charge in [0.2, 0.25) is 0 Å². The van der Waals surface area contributed by atoms with Crippen LogP contribution in [0.2, 0.25) is 0 Å². The Hall–Kier alpha value is -1.67. The van der Waals surface area contributed by atoms with Crippen molar-refractivity contribution in [1.82, 2.24) is 9.97 Å². The van der Waals surface area contributed by atoms with E-state index < -0.39 is 0 Å². The molecular formula is C11H15N5. The number of nitriles is 1. The first-order chi connectivity index (χ1) is 7.70.